The number of nitrogens with zero attached hydrogens (tertiary/aromatic N) is 5. The summed E-state index contributed by atoms with van der Waals surface area (Å²) < 4.78 is 85.7. The summed E-state index contributed by atoms with van der Waals surface area (Å²) in [6.07, 6.45) is -8.50. The first-order valence-electron chi connectivity index (χ1n) is 11.6. The zero-order valence-electron chi connectivity index (χ0n) is 20.4. The minimum atomic E-state index is -5.05. The monoisotopic (exact) mass is 562 g/mol. The number of morpholine rings is 1. The second-order valence-corrected chi connectivity index (χ2v) is 10.3. The Morgan fingerprint density at radius 1 is 1.05 bits per heavy atom. The molecule has 0 spiro atoms. The number of nitrogens with one attached hydrogen (secondary N) is 1. The lowest BCUT2D eigenvalue weighted by Gasteiger charge is -2.28. The minimum absolute atomic E-state index is 0.0227. The Balaban J connectivity index is 1.55. The van der Waals surface area contributed by atoms with Crippen LogP contribution in [0.1, 0.15) is 35.3 Å². The predicted octanol–water partition coefficient (Wildman–Crippen LogP) is 4.63. The molecular formula is C23H24F6N6O2S. The van der Waals surface area contributed by atoms with E-state index >= 15 is 0 Å². The highest BCUT2D eigenvalue weighted by molar-refractivity contribution is 7.99. The van der Waals surface area contributed by atoms with Crippen molar-refractivity contribution < 1.29 is 35.9 Å². The van der Waals surface area contributed by atoms with E-state index < -0.39 is 35.0 Å². The average Bonchev–Trinajstić information content (AvgIpc) is 3.25. The summed E-state index contributed by atoms with van der Waals surface area (Å²) >= 11 is 1.46. The highest BCUT2D eigenvalue weighted by Crippen LogP contribution is 2.36. The van der Waals surface area contributed by atoms with Gasteiger partial charge >= 0.3 is 12.4 Å². The smallest absolute Gasteiger partial charge is 0.378 e. The molecule has 3 heterocycles. The van der Waals surface area contributed by atoms with Crippen molar-refractivity contribution in [3.05, 3.63) is 41.1 Å². The molecule has 3 aromatic rings. The van der Waals surface area contributed by atoms with Gasteiger partial charge in [0, 0.05) is 30.4 Å². The normalized spacial score (nSPS) is 14.9. The van der Waals surface area contributed by atoms with Crippen LogP contribution < -0.4 is 10.2 Å². The molecule has 1 aromatic carbocycles. The van der Waals surface area contributed by atoms with Gasteiger partial charge in [-0.25, -0.2) is 14.6 Å². The van der Waals surface area contributed by atoms with Gasteiger partial charge < -0.3 is 15.0 Å². The molecule has 0 unspecified atom stereocenters. The van der Waals surface area contributed by atoms with Gasteiger partial charge in [-0.15, -0.1) is 0 Å². The van der Waals surface area contributed by atoms with Crippen LogP contribution in [-0.4, -0.2) is 63.8 Å². The lowest BCUT2D eigenvalue weighted by Crippen LogP contribution is -2.37. The molecule has 8 nitrogen and oxygen atoms in total. The molecule has 1 N–H and O–H groups in total. The van der Waals surface area contributed by atoms with Gasteiger partial charge in [-0.3, -0.25) is 4.79 Å². The minimum Gasteiger partial charge on any atom is -0.378 e. The highest BCUT2D eigenvalue weighted by Gasteiger charge is 2.37. The van der Waals surface area contributed by atoms with Crippen molar-refractivity contribution in [1.82, 2.24) is 25.1 Å². The molecule has 0 aliphatic carbocycles. The number of carbonyl (C=O) groups excluding carboxylic acids is 1. The largest absolute Gasteiger partial charge is 0.416 e. The number of hydrogen-bond acceptors (Lipinski definition) is 7. The Morgan fingerprint density at radius 2 is 1.68 bits per heavy atom. The first-order valence-corrected chi connectivity index (χ1v) is 12.5. The summed E-state index contributed by atoms with van der Waals surface area (Å²) in [6.45, 7) is 6.32. The Hall–Kier alpha value is -3.07. The molecule has 0 radical (unpaired) electrons. The van der Waals surface area contributed by atoms with Crippen molar-refractivity contribution in [2.24, 2.45) is 0 Å². The third-order valence-corrected chi connectivity index (χ3v) is 6.43. The summed E-state index contributed by atoms with van der Waals surface area (Å²) in [7, 11) is 0. The predicted molar refractivity (Wildman–Crippen MR) is 128 cm³/mol. The second-order valence-electron chi connectivity index (χ2n) is 8.75. The molecule has 1 amide bonds. The van der Waals surface area contributed by atoms with Gasteiger partial charge in [-0.2, -0.15) is 31.4 Å². The molecule has 1 aliphatic heterocycles. The number of alkyl halides is 6. The van der Waals surface area contributed by atoms with Crippen LogP contribution >= 0.6 is 11.8 Å². The number of aromatic nitrogens is 4. The van der Waals surface area contributed by atoms with E-state index in [0.29, 0.717) is 60.4 Å². The molecule has 2 aromatic heterocycles. The molecule has 0 saturated carbocycles. The quantitative estimate of drug-likeness (QED) is 0.255. The zero-order valence-corrected chi connectivity index (χ0v) is 21.2. The Kier molecular flexibility index (Phi) is 8.06. The topological polar surface area (TPSA) is 85.2 Å². The zero-order chi connectivity index (χ0) is 27.7. The third kappa shape index (κ3) is 6.49. The van der Waals surface area contributed by atoms with Gasteiger partial charge in [0.1, 0.15) is 5.82 Å². The number of fused-ring (bicyclic) bond motifs is 1. The van der Waals surface area contributed by atoms with Crippen LogP contribution in [0.3, 0.4) is 0 Å². The lowest BCUT2D eigenvalue weighted by molar-refractivity contribution is -0.143. The highest BCUT2D eigenvalue weighted by atomic mass is 32.2. The number of hydrogen-bond donors (Lipinski definition) is 1. The van der Waals surface area contributed by atoms with E-state index in [1.807, 2.05) is 13.8 Å². The van der Waals surface area contributed by atoms with Crippen molar-refractivity contribution in [2.45, 2.75) is 43.2 Å². The summed E-state index contributed by atoms with van der Waals surface area (Å²) in [5.74, 6) is -0.377. The SMILES string of the molecule is CC(C)Sc1nc(N2CCOCC2)c2cnn(CCNC(=O)c3cc(C(F)(F)F)cc(C(F)(F)F)c3)c2n1. The van der Waals surface area contributed by atoms with Crippen LogP contribution in [0, 0.1) is 0 Å². The van der Waals surface area contributed by atoms with Crippen molar-refractivity contribution in [3.63, 3.8) is 0 Å². The fourth-order valence-corrected chi connectivity index (χ4v) is 4.53. The standard InChI is InChI=1S/C23H24F6N6O2S/c1-13(2)38-21-32-18(34-5-7-37-8-6-34)17-12-31-35(19(17)33-21)4-3-30-20(36)14-9-15(22(24,25)26)11-16(10-14)23(27,28)29/h9-13H,3-8H2,1-2H3,(H,30,36). The number of ether oxygens (including phenoxy) is 1. The summed E-state index contributed by atoms with van der Waals surface area (Å²) in [6, 6.07) is 0.765. The van der Waals surface area contributed by atoms with Crippen molar-refractivity contribution in [3.8, 4) is 0 Å². The fraction of sp³-hybridized carbons (Fsp3) is 0.478. The second kappa shape index (κ2) is 11.0. The molecule has 38 heavy (non-hydrogen) atoms. The maximum atomic E-state index is 13.1. The van der Waals surface area contributed by atoms with Crippen molar-refractivity contribution in [1.29, 1.82) is 0 Å². The number of rotatable bonds is 7. The maximum Gasteiger partial charge on any atom is 0.416 e. The molecule has 15 heteroatoms. The van der Waals surface area contributed by atoms with Crippen molar-refractivity contribution >= 4 is 34.5 Å². The van der Waals surface area contributed by atoms with Gasteiger partial charge in [0.2, 0.25) is 0 Å². The molecule has 206 valence electrons. The van der Waals surface area contributed by atoms with Crippen molar-refractivity contribution in [2.75, 3.05) is 37.7 Å². The van der Waals surface area contributed by atoms with Gasteiger partial charge in [-0.05, 0) is 18.2 Å². The summed E-state index contributed by atoms with van der Waals surface area (Å²) in [4.78, 5) is 23.9. The fourth-order valence-electron chi connectivity index (χ4n) is 3.83. The Labute approximate surface area is 217 Å². The number of halogens is 6. The average molecular weight is 563 g/mol. The summed E-state index contributed by atoms with van der Waals surface area (Å²) in [5.41, 5.74) is -3.36. The number of thioether (sulfide) groups is 1. The number of carbonyl (C=O) groups is 1. The molecule has 1 aliphatic rings. The van der Waals surface area contributed by atoms with E-state index in [1.165, 1.54) is 16.4 Å². The Morgan fingerprint density at radius 3 is 2.26 bits per heavy atom. The third-order valence-electron chi connectivity index (χ3n) is 5.57. The van der Waals surface area contributed by atoms with Crippen LogP contribution in [0.5, 0.6) is 0 Å². The van der Waals surface area contributed by atoms with Gasteiger partial charge in [-0.1, -0.05) is 25.6 Å². The van der Waals surface area contributed by atoms with Gasteiger partial charge in [0.25, 0.3) is 5.91 Å². The number of benzene rings is 1. The first kappa shape index (κ1) is 28.0. The summed E-state index contributed by atoms with van der Waals surface area (Å²) in [5, 5.41) is 8.12. The molecule has 4 rings (SSSR count). The van der Waals surface area contributed by atoms with E-state index in [4.69, 9.17) is 9.72 Å². The van der Waals surface area contributed by atoms with Gasteiger partial charge in [0.15, 0.2) is 10.8 Å². The maximum absolute atomic E-state index is 13.1. The van der Waals surface area contributed by atoms with E-state index in [2.05, 4.69) is 20.3 Å². The van der Waals surface area contributed by atoms with E-state index in [0.717, 1.165) is 0 Å². The van der Waals surface area contributed by atoms with Crippen LogP contribution in [-0.2, 0) is 23.6 Å². The van der Waals surface area contributed by atoms with Crippen LogP contribution in [0.25, 0.3) is 11.0 Å². The Bertz CT molecular complexity index is 1270. The molecule has 0 atom stereocenters. The molecule has 0 bridgehead atoms. The first-order chi connectivity index (χ1) is 17.8. The lowest BCUT2D eigenvalue weighted by atomic mass is 10.0. The number of amides is 1. The number of anilines is 1. The van der Waals surface area contributed by atoms with Crippen LogP contribution in [0.4, 0.5) is 32.2 Å². The van der Waals surface area contributed by atoms with E-state index in [9.17, 15) is 31.1 Å². The van der Waals surface area contributed by atoms with Crippen LogP contribution in [0.2, 0.25) is 0 Å². The molecular weight excluding hydrogens is 538 g/mol. The van der Waals surface area contributed by atoms with Gasteiger partial charge in [0.05, 0.1) is 42.5 Å². The van der Waals surface area contributed by atoms with Crippen LogP contribution in [0.15, 0.2) is 29.6 Å². The molecule has 1 fully saturated rings. The van der Waals surface area contributed by atoms with E-state index in [1.54, 1.807) is 6.20 Å². The van der Waals surface area contributed by atoms with E-state index in [-0.39, 0.29) is 24.4 Å². The molecule has 1 saturated heterocycles.